The van der Waals surface area contributed by atoms with Crippen molar-refractivity contribution in [2.24, 2.45) is 0 Å². The Labute approximate surface area is 209 Å². The molecule has 0 saturated carbocycles. The van der Waals surface area contributed by atoms with Gasteiger partial charge < -0.3 is 19.7 Å². The van der Waals surface area contributed by atoms with E-state index in [-0.39, 0.29) is 13.2 Å². The van der Waals surface area contributed by atoms with Crippen molar-refractivity contribution in [3.05, 3.63) is 82.9 Å². The summed E-state index contributed by atoms with van der Waals surface area (Å²) in [6.07, 6.45) is 5.20. The highest BCUT2D eigenvalue weighted by atomic mass is 32.1. The first-order valence-corrected chi connectivity index (χ1v) is 13.9. The van der Waals surface area contributed by atoms with Crippen molar-refractivity contribution in [3.8, 4) is 11.3 Å². The number of aryl methyl sites for hydroxylation is 1. The summed E-state index contributed by atoms with van der Waals surface area (Å²) < 4.78 is 25.0. The molecule has 0 aliphatic rings. The van der Waals surface area contributed by atoms with Crippen LogP contribution in [0, 0.1) is 6.92 Å². The largest absolute Gasteiger partial charge is 0.368 e. The normalized spacial score (nSPS) is 12.3. The number of hydrogen-bond acceptors (Lipinski definition) is 9. The second-order valence-electron chi connectivity index (χ2n) is 7.64. The van der Waals surface area contributed by atoms with Crippen LogP contribution in [0.4, 0.5) is 17.3 Å². The lowest BCUT2D eigenvalue weighted by atomic mass is 10.1. The molecule has 35 heavy (non-hydrogen) atoms. The molecule has 0 radical (unpaired) electrons. The number of nitrogens with zero attached hydrogens (tertiary/aromatic N) is 3. The third kappa shape index (κ3) is 6.13. The highest BCUT2D eigenvalue weighted by molar-refractivity contribution is 7.54. The van der Waals surface area contributed by atoms with Crippen LogP contribution in [-0.2, 0) is 13.6 Å². The lowest BCUT2D eigenvalue weighted by Crippen LogP contribution is -2.15. The van der Waals surface area contributed by atoms with E-state index in [0.717, 1.165) is 33.8 Å². The van der Waals surface area contributed by atoms with Crippen LogP contribution in [0.5, 0.6) is 0 Å². The van der Waals surface area contributed by atoms with Crippen LogP contribution in [0.1, 0.15) is 30.8 Å². The molecule has 0 spiro atoms. The third-order valence-corrected chi connectivity index (χ3v) is 8.19. The van der Waals surface area contributed by atoms with Crippen LogP contribution in [0.25, 0.3) is 11.3 Å². The Morgan fingerprint density at radius 3 is 2.60 bits per heavy atom. The number of pyridine rings is 1. The van der Waals surface area contributed by atoms with Crippen LogP contribution in [-0.4, -0.2) is 28.2 Å². The van der Waals surface area contributed by atoms with E-state index in [1.165, 1.54) is 11.3 Å². The van der Waals surface area contributed by atoms with Gasteiger partial charge >= 0.3 is 7.60 Å². The minimum Gasteiger partial charge on any atom is -0.368 e. The van der Waals surface area contributed by atoms with Gasteiger partial charge in [0.05, 0.1) is 18.9 Å². The molecule has 0 amide bonds. The van der Waals surface area contributed by atoms with Gasteiger partial charge in [-0.25, -0.2) is 9.97 Å². The SMILES string of the molecule is CCOP(=O)(OCC)C(Nc1ccc(C)c(Nc2nccc(-c3cccnc3)n2)c1)c1ccsc1. The maximum atomic E-state index is 13.7. The predicted molar refractivity (Wildman–Crippen MR) is 141 cm³/mol. The van der Waals surface area contributed by atoms with Gasteiger partial charge in [0.2, 0.25) is 5.95 Å². The Bertz CT molecular complexity index is 1280. The van der Waals surface area contributed by atoms with Crippen LogP contribution in [0.3, 0.4) is 0 Å². The van der Waals surface area contributed by atoms with E-state index in [0.29, 0.717) is 5.95 Å². The molecule has 3 heterocycles. The minimum atomic E-state index is -3.47. The minimum absolute atomic E-state index is 0.283. The molecule has 182 valence electrons. The van der Waals surface area contributed by atoms with Crippen LogP contribution in [0.15, 0.2) is 71.8 Å². The molecule has 0 aliphatic heterocycles. The van der Waals surface area contributed by atoms with Gasteiger partial charge in [0.15, 0.2) is 5.78 Å². The zero-order valence-electron chi connectivity index (χ0n) is 19.8. The molecule has 0 aliphatic carbocycles. The number of anilines is 3. The van der Waals surface area contributed by atoms with Crippen molar-refractivity contribution < 1.29 is 13.6 Å². The molecule has 1 atom stereocenters. The van der Waals surface area contributed by atoms with Crippen molar-refractivity contribution in [2.75, 3.05) is 23.8 Å². The molecule has 10 heteroatoms. The van der Waals surface area contributed by atoms with Crippen molar-refractivity contribution in [3.63, 3.8) is 0 Å². The van der Waals surface area contributed by atoms with E-state index < -0.39 is 13.4 Å². The maximum Gasteiger partial charge on any atom is 0.357 e. The van der Waals surface area contributed by atoms with Crippen molar-refractivity contribution in [2.45, 2.75) is 26.6 Å². The number of rotatable bonds is 11. The Balaban J connectivity index is 1.62. The quantitative estimate of drug-likeness (QED) is 0.208. The van der Waals surface area contributed by atoms with Crippen LogP contribution >= 0.6 is 18.9 Å². The van der Waals surface area contributed by atoms with E-state index in [1.54, 1.807) is 18.6 Å². The van der Waals surface area contributed by atoms with Gasteiger partial charge in [-0.1, -0.05) is 6.07 Å². The maximum absolute atomic E-state index is 13.7. The van der Waals surface area contributed by atoms with E-state index in [2.05, 4.69) is 25.6 Å². The van der Waals surface area contributed by atoms with E-state index in [1.807, 2.05) is 74.0 Å². The summed E-state index contributed by atoms with van der Waals surface area (Å²) in [6, 6.07) is 13.5. The number of thiophene rings is 1. The summed E-state index contributed by atoms with van der Waals surface area (Å²) in [5.74, 6) is -0.176. The molecule has 4 rings (SSSR count). The Kier molecular flexibility index (Phi) is 8.25. The van der Waals surface area contributed by atoms with E-state index in [9.17, 15) is 4.57 Å². The molecule has 8 nitrogen and oxygen atoms in total. The summed E-state index contributed by atoms with van der Waals surface area (Å²) in [4.78, 5) is 13.2. The molecule has 3 aromatic heterocycles. The fourth-order valence-electron chi connectivity index (χ4n) is 3.54. The van der Waals surface area contributed by atoms with Gasteiger partial charge in [0.1, 0.15) is 0 Å². The van der Waals surface area contributed by atoms with E-state index in [4.69, 9.17) is 9.05 Å². The average Bonchev–Trinajstić information content (AvgIpc) is 3.40. The Hall–Kier alpha value is -3.10. The van der Waals surface area contributed by atoms with Crippen LogP contribution in [0.2, 0.25) is 0 Å². The number of benzene rings is 1. The standard InChI is InChI=1S/C25H28N5O3PS/c1-4-32-34(31,33-5-2)24(20-11-14-35-17-20)28-21-9-8-18(3)23(15-21)30-25-27-13-10-22(29-25)19-7-6-12-26-16-19/h6-17,24,28H,4-5H2,1-3H3,(H,27,29,30). The zero-order valence-corrected chi connectivity index (χ0v) is 21.6. The second kappa shape index (κ2) is 11.6. The highest BCUT2D eigenvalue weighted by Gasteiger charge is 2.37. The van der Waals surface area contributed by atoms with E-state index >= 15 is 0 Å². The smallest absolute Gasteiger partial charge is 0.357 e. The molecule has 1 aromatic carbocycles. The molecule has 4 aromatic rings. The fourth-order valence-corrected chi connectivity index (χ4v) is 6.25. The first-order valence-electron chi connectivity index (χ1n) is 11.3. The van der Waals surface area contributed by atoms with Gasteiger partial charge in [-0.3, -0.25) is 9.55 Å². The topological polar surface area (TPSA) is 98.3 Å². The molecule has 1 unspecified atom stereocenters. The van der Waals surface area contributed by atoms with Crippen molar-refractivity contribution in [1.29, 1.82) is 0 Å². The lowest BCUT2D eigenvalue weighted by Gasteiger charge is -2.27. The fraction of sp³-hybridized carbons (Fsp3) is 0.240. The summed E-state index contributed by atoms with van der Waals surface area (Å²) in [5, 5.41) is 10.6. The Morgan fingerprint density at radius 1 is 1.09 bits per heavy atom. The van der Waals surface area contributed by atoms with Gasteiger partial charge in [-0.15, -0.1) is 0 Å². The summed E-state index contributed by atoms with van der Waals surface area (Å²) in [5.41, 5.74) is 5.13. The first kappa shape index (κ1) is 25.0. The Morgan fingerprint density at radius 2 is 1.91 bits per heavy atom. The summed E-state index contributed by atoms with van der Waals surface area (Å²) in [6.45, 7) is 6.18. The second-order valence-corrected chi connectivity index (χ2v) is 10.5. The average molecular weight is 510 g/mol. The monoisotopic (exact) mass is 509 g/mol. The predicted octanol–water partition coefficient (Wildman–Crippen LogP) is 7.03. The van der Waals surface area contributed by atoms with Gasteiger partial charge in [-0.05, 0) is 79.1 Å². The molecule has 2 N–H and O–H groups in total. The van der Waals surface area contributed by atoms with Crippen LogP contribution < -0.4 is 10.6 Å². The lowest BCUT2D eigenvalue weighted by molar-refractivity contribution is 0.214. The van der Waals surface area contributed by atoms with Gasteiger partial charge in [0.25, 0.3) is 0 Å². The van der Waals surface area contributed by atoms with Gasteiger partial charge in [-0.2, -0.15) is 11.3 Å². The summed E-state index contributed by atoms with van der Waals surface area (Å²) >= 11 is 1.53. The molecular weight excluding hydrogens is 481 g/mol. The summed E-state index contributed by atoms with van der Waals surface area (Å²) in [7, 11) is -3.47. The molecule has 0 bridgehead atoms. The zero-order chi connectivity index (χ0) is 24.7. The highest BCUT2D eigenvalue weighted by Crippen LogP contribution is 2.61. The van der Waals surface area contributed by atoms with Crippen molar-refractivity contribution in [1.82, 2.24) is 15.0 Å². The number of aromatic nitrogens is 3. The number of hydrogen-bond donors (Lipinski definition) is 2. The number of nitrogens with one attached hydrogen (secondary N) is 2. The molecular formula is C25H28N5O3PS. The molecule has 0 fully saturated rings. The van der Waals surface area contributed by atoms with Crippen molar-refractivity contribution >= 4 is 36.3 Å². The van der Waals surface area contributed by atoms with Gasteiger partial charge in [0, 0.05) is 35.5 Å². The molecule has 0 saturated heterocycles. The third-order valence-electron chi connectivity index (χ3n) is 5.19. The first-order chi connectivity index (χ1) is 17.0.